The second-order valence-corrected chi connectivity index (χ2v) is 8.20. The normalized spacial score (nSPS) is 19.9. The quantitative estimate of drug-likeness (QED) is 0.827. The molecule has 0 radical (unpaired) electrons. The summed E-state index contributed by atoms with van der Waals surface area (Å²) < 4.78 is 24.1. The molecule has 1 N–H and O–H groups in total. The molecule has 1 rings (SSSR count). The number of nitrogens with one attached hydrogen (secondary N) is 1. The van der Waals surface area contributed by atoms with Gasteiger partial charge in [0.2, 0.25) is 0 Å². The Balaban J connectivity index is 2.39. The largest absolute Gasteiger partial charge is 0.311 e. The Morgan fingerprint density at radius 2 is 1.69 bits per heavy atom. The molecule has 0 heterocycles. The average molecular weight is 247 g/mol. The van der Waals surface area contributed by atoms with Crippen LogP contribution in [-0.2, 0) is 9.84 Å². The Hall–Kier alpha value is -0.0900. The van der Waals surface area contributed by atoms with Crippen LogP contribution in [0.2, 0.25) is 0 Å². The van der Waals surface area contributed by atoms with Crippen molar-refractivity contribution in [1.29, 1.82) is 0 Å². The van der Waals surface area contributed by atoms with E-state index in [2.05, 4.69) is 26.1 Å². The maximum Gasteiger partial charge on any atom is 0.154 e. The van der Waals surface area contributed by atoms with E-state index < -0.39 is 9.84 Å². The summed E-state index contributed by atoms with van der Waals surface area (Å²) in [7, 11) is -2.87. The number of hydrogen-bond acceptors (Lipinski definition) is 3. The van der Waals surface area contributed by atoms with Crippen LogP contribution in [0.25, 0.3) is 0 Å². The molecule has 3 nitrogen and oxygen atoms in total. The van der Waals surface area contributed by atoms with Crippen LogP contribution in [0.1, 0.15) is 52.9 Å². The molecular formula is C12H25NO2S. The Bertz CT molecular complexity index is 297. The molecule has 1 saturated carbocycles. The van der Waals surface area contributed by atoms with Crippen LogP contribution in [0, 0.1) is 0 Å². The minimum atomic E-state index is -2.87. The Labute approximate surface area is 99.9 Å². The Kier molecular flexibility index (Phi) is 4.80. The zero-order valence-electron chi connectivity index (χ0n) is 10.8. The molecule has 0 bridgehead atoms. The molecule has 1 aliphatic rings. The summed E-state index contributed by atoms with van der Waals surface area (Å²) in [5, 5.41) is 3.17. The highest BCUT2D eigenvalue weighted by molar-refractivity contribution is 7.92. The van der Waals surface area contributed by atoms with Crippen molar-refractivity contribution in [2.75, 3.05) is 12.3 Å². The molecular weight excluding hydrogens is 222 g/mol. The predicted molar refractivity (Wildman–Crippen MR) is 68.4 cm³/mol. The van der Waals surface area contributed by atoms with Gasteiger partial charge in [0, 0.05) is 12.1 Å². The highest BCUT2D eigenvalue weighted by Gasteiger charge is 2.26. The molecule has 0 aromatic heterocycles. The van der Waals surface area contributed by atoms with E-state index in [1.54, 1.807) is 0 Å². The lowest BCUT2D eigenvalue weighted by Crippen LogP contribution is -2.40. The molecule has 0 unspecified atom stereocenters. The smallest absolute Gasteiger partial charge is 0.154 e. The Morgan fingerprint density at radius 1 is 1.12 bits per heavy atom. The molecule has 0 aliphatic heterocycles. The standard InChI is InChI=1S/C12H25NO2S/c1-12(2,3)13-9-10-16(14,15)11-7-5-4-6-8-11/h11,13H,4-10H2,1-3H3. The van der Waals surface area contributed by atoms with Crippen LogP contribution >= 0.6 is 0 Å². The second-order valence-electron chi connectivity index (χ2n) is 5.80. The van der Waals surface area contributed by atoms with Crippen LogP contribution in [0.5, 0.6) is 0 Å². The van der Waals surface area contributed by atoms with Gasteiger partial charge in [0.15, 0.2) is 9.84 Å². The first-order valence-corrected chi connectivity index (χ1v) is 7.99. The minimum absolute atomic E-state index is 0.00207. The summed E-state index contributed by atoms with van der Waals surface area (Å²) in [5.41, 5.74) is 0.00207. The fraction of sp³-hybridized carbons (Fsp3) is 1.00. The molecule has 0 aromatic carbocycles. The van der Waals surface area contributed by atoms with E-state index in [0.29, 0.717) is 6.54 Å². The van der Waals surface area contributed by atoms with Crippen LogP contribution in [0.3, 0.4) is 0 Å². The van der Waals surface area contributed by atoms with E-state index in [-0.39, 0.29) is 16.5 Å². The first-order chi connectivity index (χ1) is 7.31. The summed E-state index contributed by atoms with van der Waals surface area (Å²) in [6.45, 7) is 6.74. The zero-order chi connectivity index (χ0) is 12.2. The van der Waals surface area contributed by atoms with Crippen molar-refractivity contribution in [3.05, 3.63) is 0 Å². The maximum absolute atomic E-state index is 12.0. The molecule has 96 valence electrons. The van der Waals surface area contributed by atoms with E-state index in [1.807, 2.05) is 0 Å². The van der Waals surface area contributed by atoms with Gasteiger partial charge >= 0.3 is 0 Å². The number of sulfone groups is 1. The van der Waals surface area contributed by atoms with Crippen LogP contribution in [-0.4, -0.2) is 31.5 Å². The lowest BCUT2D eigenvalue weighted by molar-refractivity contribution is 0.435. The van der Waals surface area contributed by atoms with E-state index in [0.717, 1.165) is 25.7 Å². The molecule has 0 amide bonds. The van der Waals surface area contributed by atoms with Gasteiger partial charge in [0.05, 0.1) is 11.0 Å². The van der Waals surface area contributed by atoms with Crippen LogP contribution < -0.4 is 5.32 Å². The summed E-state index contributed by atoms with van der Waals surface area (Å²) in [6.07, 6.45) is 5.11. The highest BCUT2D eigenvalue weighted by atomic mass is 32.2. The van der Waals surface area contributed by atoms with E-state index in [9.17, 15) is 8.42 Å². The van der Waals surface area contributed by atoms with Crippen LogP contribution in [0.4, 0.5) is 0 Å². The van der Waals surface area contributed by atoms with Gasteiger partial charge in [0.1, 0.15) is 0 Å². The number of hydrogen-bond donors (Lipinski definition) is 1. The third-order valence-corrected chi connectivity index (χ3v) is 5.36. The van der Waals surface area contributed by atoms with Gasteiger partial charge in [0.25, 0.3) is 0 Å². The van der Waals surface area contributed by atoms with E-state index >= 15 is 0 Å². The molecule has 0 atom stereocenters. The van der Waals surface area contributed by atoms with Crippen molar-refractivity contribution in [2.45, 2.75) is 63.7 Å². The third kappa shape index (κ3) is 4.83. The van der Waals surface area contributed by atoms with Gasteiger partial charge in [-0.25, -0.2) is 8.42 Å². The second kappa shape index (κ2) is 5.50. The first kappa shape index (κ1) is 14.0. The zero-order valence-corrected chi connectivity index (χ0v) is 11.6. The van der Waals surface area contributed by atoms with E-state index in [4.69, 9.17) is 0 Å². The van der Waals surface area contributed by atoms with Crippen molar-refractivity contribution >= 4 is 9.84 Å². The van der Waals surface area contributed by atoms with Crippen molar-refractivity contribution in [3.63, 3.8) is 0 Å². The van der Waals surface area contributed by atoms with Gasteiger partial charge in [-0.1, -0.05) is 19.3 Å². The SMILES string of the molecule is CC(C)(C)NCCS(=O)(=O)C1CCCCC1. The van der Waals surface area contributed by atoms with E-state index in [1.165, 1.54) is 6.42 Å². The van der Waals surface area contributed by atoms with Crippen molar-refractivity contribution < 1.29 is 8.42 Å². The van der Waals surface area contributed by atoms with Crippen molar-refractivity contribution in [1.82, 2.24) is 5.32 Å². The summed E-state index contributed by atoms with van der Waals surface area (Å²) in [4.78, 5) is 0. The van der Waals surface area contributed by atoms with Gasteiger partial charge in [-0.2, -0.15) is 0 Å². The van der Waals surface area contributed by atoms with Gasteiger partial charge in [-0.15, -0.1) is 0 Å². The fourth-order valence-electron chi connectivity index (χ4n) is 2.16. The van der Waals surface area contributed by atoms with Gasteiger partial charge in [-0.05, 0) is 33.6 Å². The highest BCUT2D eigenvalue weighted by Crippen LogP contribution is 2.24. The fourth-order valence-corrected chi connectivity index (χ4v) is 3.93. The first-order valence-electron chi connectivity index (χ1n) is 6.28. The maximum atomic E-state index is 12.0. The van der Waals surface area contributed by atoms with Crippen molar-refractivity contribution in [3.8, 4) is 0 Å². The summed E-state index contributed by atoms with van der Waals surface area (Å²) in [5.74, 6) is 0.287. The molecule has 4 heteroatoms. The molecule has 0 saturated heterocycles. The average Bonchev–Trinajstić information content (AvgIpc) is 2.17. The molecule has 16 heavy (non-hydrogen) atoms. The lowest BCUT2D eigenvalue weighted by atomic mass is 10.0. The summed E-state index contributed by atoms with van der Waals surface area (Å²) in [6, 6.07) is 0. The Morgan fingerprint density at radius 3 is 2.19 bits per heavy atom. The van der Waals surface area contributed by atoms with Gasteiger partial charge in [-0.3, -0.25) is 0 Å². The topological polar surface area (TPSA) is 46.2 Å². The molecule has 1 aliphatic carbocycles. The third-order valence-electron chi connectivity index (χ3n) is 3.10. The van der Waals surface area contributed by atoms with Crippen molar-refractivity contribution in [2.24, 2.45) is 0 Å². The molecule has 1 fully saturated rings. The molecule has 0 spiro atoms. The lowest BCUT2D eigenvalue weighted by Gasteiger charge is -2.24. The summed E-state index contributed by atoms with van der Waals surface area (Å²) >= 11 is 0. The van der Waals surface area contributed by atoms with Crippen LogP contribution in [0.15, 0.2) is 0 Å². The molecule has 0 aromatic rings. The predicted octanol–water partition coefficient (Wildman–Crippen LogP) is 2.12. The minimum Gasteiger partial charge on any atom is -0.311 e. The number of rotatable bonds is 4. The monoisotopic (exact) mass is 247 g/mol. The van der Waals surface area contributed by atoms with Gasteiger partial charge < -0.3 is 5.32 Å².